The van der Waals surface area contributed by atoms with Crippen molar-refractivity contribution < 1.29 is 25.6 Å². The number of rotatable bonds is 8. The van der Waals surface area contributed by atoms with Gasteiger partial charge in [0.2, 0.25) is 0 Å². The normalized spacial score (nSPS) is 13.2. The molecule has 0 aliphatic carbocycles. The average molecular weight is 864 g/mol. The predicted octanol–water partition coefficient (Wildman–Crippen LogP) is 13.2. The van der Waals surface area contributed by atoms with Gasteiger partial charge in [-0.1, -0.05) is 110 Å². The molecule has 0 amide bonds. The number of nitrogens with zero attached hydrogens (tertiary/aromatic N) is 3. The molecule has 267 valence electrons. The molecule has 7 rings (SSSR count). The second-order valence-corrected chi connectivity index (χ2v) is 13.7. The van der Waals surface area contributed by atoms with Crippen molar-refractivity contribution in [3.8, 4) is 39.5 Å². The number of hydrogen-bond acceptors (Lipinski definition) is 2. The zero-order chi connectivity index (χ0) is 39.8. The minimum Gasteiger partial charge on any atom is -0.333 e. The van der Waals surface area contributed by atoms with Gasteiger partial charge in [-0.25, -0.2) is 0 Å². The molecule has 0 spiro atoms. The van der Waals surface area contributed by atoms with Gasteiger partial charge in [0, 0.05) is 37.5 Å². The van der Waals surface area contributed by atoms with E-state index in [1.165, 1.54) is 0 Å². The second-order valence-electron chi connectivity index (χ2n) is 13.7. The van der Waals surface area contributed by atoms with Gasteiger partial charge in [-0.3, -0.25) is 4.98 Å². The van der Waals surface area contributed by atoms with Gasteiger partial charge in [0.05, 0.1) is 16.9 Å². The first-order chi connectivity index (χ1) is 25.8. The summed E-state index contributed by atoms with van der Waals surface area (Å²) in [6, 6.07) is 46.2. The third kappa shape index (κ3) is 8.36. The number of pyridine rings is 1. The fraction of sp³-hybridized carbons (Fsp3) is 0.250. The second kappa shape index (κ2) is 17.3. The van der Waals surface area contributed by atoms with Crippen molar-refractivity contribution in [3.05, 3.63) is 162 Å². The Hall–Kier alpha value is -4.63. The number of imidazole rings is 1. The van der Waals surface area contributed by atoms with Crippen LogP contribution in [0, 0.1) is 12.1 Å². The maximum atomic E-state index is 8.80. The topological polar surface area (TPSA) is 30.7 Å². The summed E-state index contributed by atoms with van der Waals surface area (Å²) in [4.78, 5) is 9.38. The molecule has 0 saturated heterocycles. The van der Waals surface area contributed by atoms with Crippen molar-refractivity contribution in [3.63, 3.8) is 0 Å². The Morgan fingerprint density at radius 3 is 1.73 bits per heavy atom. The van der Waals surface area contributed by atoms with E-state index in [4.69, 9.17) is 10.5 Å². The summed E-state index contributed by atoms with van der Waals surface area (Å²) in [5.41, 5.74) is 11.0. The Balaban J connectivity index is 0.000000212. The largest absolute Gasteiger partial charge is 0.333 e. The molecule has 2 aromatic heterocycles. The summed E-state index contributed by atoms with van der Waals surface area (Å²) in [5, 5.41) is 0. The van der Waals surface area contributed by atoms with Crippen LogP contribution >= 0.6 is 0 Å². The number of hydrogen-bond donors (Lipinski definition) is 0. The van der Waals surface area contributed by atoms with Crippen molar-refractivity contribution in [2.24, 2.45) is 0 Å². The van der Waals surface area contributed by atoms with Gasteiger partial charge in [-0.05, 0) is 80.8 Å². The third-order valence-corrected chi connectivity index (χ3v) is 9.02. The van der Waals surface area contributed by atoms with Crippen LogP contribution in [0.3, 0.4) is 0 Å². The van der Waals surface area contributed by atoms with Crippen LogP contribution < -0.4 is 0 Å². The molecule has 1 radical (unpaired) electrons. The number of fused-ring (bicyclic) bond motifs is 1. The summed E-state index contributed by atoms with van der Waals surface area (Å²) in [6.07, 6.45) is 1.80. The van der Waals surface area contributed by atoms with Crippen LogP contribution in [0.25, 0.3) is 50.5 Å². The molecule has 3 nitrogen and oxygen atoms in total. The molecular formula is C48H49IrN3-2. The molecule has 7 aromatic rings. The Kier molecular flexibility index (Phi) is 11.0. The van der Waals surface area contributed by atoms with E-state index < -0.39 is 23.6 Å². The number of benzene rings is 5. The maximum Gasteiger partial charge on any atom is 0.0774 e. The minimum absolute atomic E-state index is 0. The van der Waals surface area contributed by atoms with Gasteiger partial charge < -0.3 is 9.55 Å². The van der Waals surface area contributed by atoms with Crippen molar-refractivity contribution in [1.29, 1.82) is 0 Å². The molecule has 0 bridgehead atoms. The fourth-order valence-corrected chi connectivity index (χ4v) is 6.44. The van der Waals surface area contributed by atoms with Crippen molar-refractivity contribution in [2.45, 2.75) is 79.0 Å². The Labute approximate surface area is 330 Å². The van der Waals surface area contributed by atoms with Crippen molar-refractivity contribution in [1.82, 2.24) is 14.5 Å². The van der Waals surface area contributed by atoms with E-state index in [-0.39, 0.29) is 20.1 Å². The Bertz CT molecular complexity index is 2380. The van der Waals surface area contributed by atoms with Crippen LogP contribution in [0.1, 0.15) is 107 Å². The molecule has 0 fully saturated rings. The molecule has 0 aliphatic rings. The molecule has 4 heteroatoms. The fourth-order valence-electron chi connectivity index (χ4n) is 6.44. The number of aromatic nitrogens is 3. The van der Waals surface area contributed by atoms with Crippen molar-refractivity contribution in [2.75, 3.05) is 0 Å². The van der Waals surface area contributed by atoms with E-state index in [2.05, 4.69) is 21.7 Å². The summed E-state index contributed by atoms with van der Waals surface area (Å²) in [6.45, 7) is 15.0. The summed E-state index contributed by atoms with van der Waals surface area (Å²) < 4.78 is 36.7. The van der Waals surface area contributed by atoms with Crippen LogP contribution in [-0.4, -0.2) is 14.5 Å². The molecule has 5 aromatic carbocycles. The molecule has 2 heterocycles. The van der Waals surface area contributed by atoms with Crippen LogP contribution in [0.2, 0.25) is 0 Å². The smallest absolute Gasteiger partial charge is 0.0774 e. The van der Waals surface area contributed by atoms with E-state index in [0.717, 1.165) is 72.7 Å². The Morgan fingerprint density at radius 1 is 0.558 bits per heavy atom. The Morgan fingerprint density at radius 2 is 1.13 bits per heavy atom. The monoisotopic (exact) mass is 864 g/mol. The predicted molar refractivity (Wildman–Crippen MR) is 216 cm³/mol. The first-order valence-corrected chi connectivity index (χ1v) is 17.5. The molecule has 0 atom stereocenters. The SMILES string of the molecule is [2H]C(C)(C)c1ccc(-c2ccnc(-c3[c-]cccc3)c2)cc1C([2H])(C)C.[2H]C(C)(C)c1cccc(C([2H])(C)C)c1-n1c(-c2[c-]cccc2)nc2ccccc21.[Ir]. The van der Waals surface area contributed by atoms with E-state index in [1.54, 1.807) is 6.20 Å². The van der Waals surface area contributed by atoms with E-state index in [9.17, 15) is 0 Å². The molecule has 0 saturated carbocycles. The first kappa shape index (κ1) is 33.2. The van der Waals surface area contributed by atoms with Gasteiger partial charge in [-0.2, -0.15) is 0 Å². The summed E-state index contributed by atoms with van der Waals surface area (Å²) >= 11 is 0. The van der Waals surface area contributed by atoms with Gasteiger partial charge in [-0.15, -0.1) is 71.8 Å². The maximum absolute atomic E-state index is 8.80. The van der Waals surface area contributed by atoms with Gasteiger partial charge in [0.25, 0.3) is 0 Å². The van der Waals surface area contributed by atoms with Crippen LogP contribution in [0.5, 0.6) is 0 Å². The molecular weight excluding hydrogens is 811 g/mol. The molecule has 52 heavy (non-hydrogen) atoms. The standard InChI is InChI=1S/C25H25N2.C23H24N.Ir/c1-17(2)20-13-10-14-21(18(3)4)24(20)27-23-16-9-8-15-22(23)26-25(27)19-11-6-5-7-12-19;1-16(2)21-11-10-19(14-22(21)17(3)4)20-12-13-24-23(15-20)18-8-6-5-7-9-18;/h5-11,13-18H,1-4H3;5-8,10-17H,1-4H3;/q2*-1;/i17D,18D;16D,17D;. The third-order valence-electron chi connectivity index (χ3n) is 9.02. The van der Waals surface area contributed by atoms with E-state index >= 15 is 0 Å². The summed E-state index contributed by atoms with van der Waals surface area (Å²) in [5.74, 6) is -2.41. The average Bonchev–Trinajstić information content (AvgIpc) is 3.53. The summed E-state index contributed by atoms with van der Waals surface area (Å²) in [7, 11) is 0. The van der Waals surface area contributed by atoms with Crippen molar-refractivity contribution >= 4 is 11.0 Å². The quantitative estimate of drug-likeness (QED) is 0.143. The van der Waals surface area contributed by atoms with Gasteiger partial charge >= 0.3 is 0 Å². The van der Waals surface area contributed by atoms with Crippen LogP contribution in [0.15, 0.2) is 128 Å². The molecule has 0 unspecified atom stereocenters. The van der Waals surface area contributed by atoms with Gasteiger partial charge in [0.15, 0.2) is 0 Å². The first-order valence-electron chi connectivity index (χ1n) is 19.5. The number of para-hydroxylation sites is 3. The van der Waals surface area contributed by atoms with Crippen LogP contribution in [0.4, 0.5) is 0 Å². The molecule has 0 N–H and O–H groups in total. The zero-order valence-electron chi connectivity index (χ0n) is 35.3. The molecule has 0 aliphatic heterocycles. The zero-order valence-corrected chi connectivity index (χ0v) is 33.7. The van der Waals surface area contributed by atoms with E-state index in [1.807, 2.05) is 177 Å². The minimum atomic E-state index is -0.834. The van der Waals surface area contributed by atoms with Crippen LogP contribution in [-0.2, 0) is 20.1 Å². The van der Waals surface area contributed by atoms with Gasteiger partial charge in [0.1, 0.15) is 0 Å². The van der Waals surface area contributed by atoms with E-state index in [0.29, 0.717) is 0 Å².